The molecule has 1 amide bonds. The summed E-state index contributed by atoms with van der Waals surface area (Å²) in [6.07, 6.45) is 0. The van der Waals surface area contributed by atoms with Crippen LogP contribution in [0.25, 0.3) is 10.9 Å². The molecule has 0 aliphatic carbocycles. The number of carbonyl (C=O) groups excluding carboxylic acids is 1. The Morgan fingerprint density at radius 2 is 2.09 bits per heavy atom. The summed E-state index contributed by atoms with van der Waals surface area (Å²) in [6, 6.07) is 7.13. The van der Waals surface area contributed by atoms with Crippen LogP contribution in [0.3, 0.4) is 0 Å². The average Bonchev–Trinajstić information content (AvgIpc) is 2.79. The molecular weight excluding hydrogens is 294 g/mol. The molecule has 22 heavy (non-hydrogen) atoms. The number of rotatable bonds is 6. The van der Waals surface area contributed by atoms with Crippen LogP contribution in [0.1, 0.15) is 16.1 Å². The zero-order valence-corrected chi connectivity index (χ0v) is 15.1. The van der Waals surface area contributed by atoms with E-state index in [1.165, 1.54) is 0 Å². The van der Waals surface area contributed by atoms with Gasteiger partial charge in [0.2, 0.25) is 0 Å². The van der Waals surface area contributed by atoms with Crippen molar-refractivity contribution in [1.29, 1.82) is 0 Å². The number of aromatic nitrogens is 2. The first-order valence-electron chi connectivity index (χ1n) is 7.59. The lowest BCUT2D eigenvalue weighted by molar-refractivity contribution is 0.0805. The van der Waals surface area contributed by atoms with E-state index in [4.69, 9.17) is 4.74 Å². The number of ether oxygens (including phenoxy) is 1. The smallest absolute Gasteiger partial charge is 0.272 e. The van der Waals surface area contributed by atoms with Crippen molar-refractivity contribution in [2.24, 2.45) is 0 Å². The number of hydrogen-bond acceptors (Lipinski definition) is 3. The Morgan fingerprint density at radius 1 is 1.36 bits per heavy atom. The quantitative estimate of drug-likeness (QED) is 0.658. The fourth-order valence-electron chi connectivity index (χ4n) is 2.21. The van der Waals surface area contributed by atoms with Gasteiger partial charge in [-0.3, -0.25) is 4.79 Å². The summed E-state index contributed by atoms with van der Waals surface area (Å²) in [4.78, 5) is 12.0. The van der Waals surface area contributed by atoms with Crippen LogP contribution in [0.15, 0.2) is 18.2 Å². The van der Waals surface area contributed by atoms with Crippen LogP contribution in [0, 0.1) is 6.92 Å². The van der Waals surface area contributed by atoms with Gasteiger partial charge in [-0.1, -0.05) is 31.3 Å². The van der Waals surface area contributed by atoms with Crippen molar-refractivity contribution in [2.75, 3.05) is 13.7 Å². The highest BCUT2D eigenvalue weighted by Crippen LogP contribution is 2.20. The van der Waals surface area contributed by atoms with Crippen molar-refractivity contribution < 1.29 is 9.53 Å². The lowest BCUT2D eigenvalue weighted by Crippen LogP contribution is -2.22. The van der Waals surface area contributed by atoms with E-state index in [2.05, 4.69) is 30.1 Å². The normalized spacial score (nSPS) is 11.9. The van der Waals surface area contributed by atoms with Gasteiger partial charge in [-0.2, -0.15) is 5.10 Å². The summed E-state index contributed by atoms with van der Waals surface area (Å²) < 4.78 is 7.53. The summed E-state index contributed by atoms with van der Waals surface area (Å²) in [7, 11) is 0.525. The molecule has 120 valence electrons. The van der Waals surface area contributed by atoms with Crippen molar-refractivity contribution in [1.82, 2.24) is 15.1 Å². The van der Waals surface area contributed by atoms with E-state index in [0.29, 0.717) is 12.4 Å². The van der Waals surface area contributed by atoms with Crippen molar-refractivity contribution in [3.63, 3.8) is 0 Å². The van der Waals surface area contributed by atoms with Crippen LogP contribution >= 0.6 is 0 Å². The van der Waals surface area contributed by atoms with E-state index in [1.54, 1.807) is 11.7 Å². The lowest BCUT2D eigenvalue weighted by Gasteiger charge is -2.15. The van der Waals surface area contributed by atoms with E-state index < -0.39 is 8.07 Å². The molecule has 6 heteroatoms. The van der Waals surface area contributed by atoms with Gasteiger partial charge < -0.3 is 10.1 Å². The molecule has 0 aliphatic rings. The highest BCUT2D eigenvalue weighted by atomic mass is 28.3. The lowest BCUT2D eigenvalue weighted by atomic mass is 10.1. The van der Waals surface area contributed by atoms with Gasteiger partial charge in [0.05, 0.1) is 5.52 Å². The Hall–Kier alpha value is -1.66. The molecule has 0 aliphatic heterocycles. The van der Waals surface area contributed by atoms with Gasteiger partial charge in [0.1, 0.15) is 6.73 Å². The minimum Gasteiger partial charge on any atom is -0.360 e. The molecule has 0 saturated heterocycles. The number of aryl methyl sites for hydroxylation is 1. The molecule has 0 unspecified atom stereocenters. The predicted octanol–water partition coefficient (Wildman–Crippen LogP) is 3.02. The molecule has 1 N–H and O–H groups in total. The Bertz CT molecular complexity index is 674. The van der Waals surface area contributed by atoms with Crippen LogP contribution in [0.4, 0.5) is 0 Å². The maximum atomic E-state index is 12.0. The molecule has 0 bridgehead atoms. The maximum Gasteiger partial charge on any atom is 0.272 e. The van der Waals surface area contributed by atoms with E-state index in [0.717, 1.165) is 29.1 Å². The summed E-state index contributed by atoms with van der Waals surface area (Å²) in [5.74, 6) is -0.170. The Kier molecular flexibility index (Phi) is 5.03. The van der Waals surface area contributed by atoms with Gasteiger partial charge in [0.15, 0.2) is 5.69 Å². The Labute approximate surface area is 132 Å². The molecule has 1 aromatic carbocycles. The van der Waals surface area contributed by atoms with Crippen molar-refractivity contribution in [3.05, 3.63) is 29.5 Å². The maximum absolute atomic E-state index is 12.0. The fourth-order valence-corrected chi connectivity index (χ4v) is 2.96. The van der Waals surface area contributed by atoms with E-state index in [-0.39, 0.29) is 5.91 Å². The topological polar surface area (TPSA) is 56.2 Å². The Morgan fingerprint density at radius 3 is 2.73 bits per heavy atom. The molecule has 0 fully saturated rings. The molecule has 0 atom stereocenters. The fraction of sp³-hybridized carbons (Fsp3) is 0.500. The van der Waals surface area contributed by atoms with Gasteiger partial charge in [0, 0.05) is 27.1 Å². The van der Waals surface area contributed by atoms with Crippen molar-refractivity contribution in [2.45, 2.75) is 39.3 Å². The first kappa shape index (κ1) is 16.7. The predicted molar refractivity (Wildman–Crippen MR) is 92.0 cm³/mol. The van der Waals surface area contributed by atoms with Crippen LogP contribution in [-0.2, 0) is 11.5 Å². The van der Waals surface area contributed by atoms with Crippen molar-refractivity contribution >= 4 is 24.9 Å². The van der Waals surface area contributed by atoms with Gasteiger partial charge in [-0.25, -0.2) is 4.68 Å². The number of nitrogens with one attached hydrogen (secondary N) is 1. The summed E-state index contributed by atoms with van der Waals surface area (Å²) in [5.41, 5.74) is 2.49. The minimum absolute atomic E-state index is 0.170. The van der Waals surface area contributed by atoms with Gasteiger partial charge in [-0.05, 0) is 25.1 Å². The standard InChI is InChI=1S/C16H25N3O2Si/c1-12-6-7-14-13(10-12)15(16(20)17-2)18-19(14)11-21-8-9-22(3,4)5/h6-7,10H,8-9,11H2,1-5H3,(H,17,20). The molecule has 0 radical (unpaired) electrons. The van der Waals surface area contributed by atoms with Gasteiger partial charge in [-0.15, -0.1) is 0 Å². The van der Waals surface area contributed by atoms with Crippen molar-refractivity contribution in [3.8, 4) is 0 Å². The zero-order chi connectivity index (χ0) is 16.3. The number of fused-ring (bicyclic) bond motifs is 1. The molecule has 1 aromatic heterocycles. The third kappa shape index (κ3) is 3.95. The van der Waals surface area contributed by atoms with Crippen LogP contribution in [0.5, 0.6) is 0 Å². The second-order valence-corrected chi connectivity index (χ2v) is 12.4. The van der Waals surface area contributed by atoms with Gasteiger partial charge in [0.25, 0.3) is 5.91 Å². The summed E-state index contributed by atoms with van der Waals surface area (Å²) in [5, 5.41) is 7.94. The Balaban J connectivity index is 2.21. The summed E-state index contributed by atoms with van der Waals surface area (Å²) in [6.45, 7) is 10.1. The minimum atomic E-state index is -1.09. The zero-order valence-electron chi connectivity index (χ0n) is 14.1. The SMILES string of the molecule is CNC(=O)c1nn(COCC[Si](C)(C)C)c2ccc(C)cc12. The monoisotopic (exact) mass is 319 g/mol. The third-order valence-corrected chi connectivity index (χ3v) is 5.26. The van der Waals surface area contributed by atoms with E-state index in [1.807, 2.05) is 25.1 Å². The van der Waals surface area contributed by atoms with Crippen LogP contribution in [-0.4, -0.2) is 37.4 Å². The number of nitrogens with zero attached hydrogens (tertiary/aromatic N) is 2. The number of carbonyl (C=O) groups is 1. The molecule has 5 nitrogen and oxygen atoms in total. The van der Waals surface area contributed by atoms with Crippen LogP contribution in [0.2, 0.25) is 25.7 Å². The number of hydrogen-bond donors (Lipinski definition) is 1. The number of benzene rings is 1. The average molecular weight is 319 g/mol. The molecular formula is C16H25N3O2Si. The second kappa shape index (κ2) is 6.62. The highest BCUT2D eigenvalue weighted by Gasteiger charge is 2.17. The van der Waals surface area contributed by atoms with Gasteiger partial charge >= 0.3 is 0 Å². The van der Waals surface area contributed by atoms with Crippen LogP contribution < -0.4 is 5.32 Å². The summed E-state index contributed by atoms with van der Waals surface area (Å²) >= 11 is 0. The molecule has 0 saturated carbocycles. The third-order valence-electron chi connectivity index (χ3n) is 3.56. The van der Waals surface area contributed by atoms with E-state index in [9.17, 15) is 4.79 Å². The molecule has 2 aromatic rings. The second-order valence-electron chi connectivity index (χ2n) is 6.80. The van der Waals surface area contributed by atoms with E-state index >= 15 is 0 Å². The highest BCUT2D eigenvalue weighted by molar-refractivity contribution is 6.76. The largest absolute Gasteiger partial charge is 0.360 e. The first-order valence-corrected chi connectivity index (χ1v) is 11.3. The molecule has 0 spiro atoms. The molecule has 1 heterocycles. The number of amides is 1. The molecule has 2 rings (SSSR count). The first-order chi connectivity index (χ1) is 10.3.